The third kappa shape index (κ3) is 3.87. The van der Waals surface area contributed by atoms with Gasteiger partial charge in [0.05, 0.1) is 6.54 Å². The average Bonchev–Trinajstić information content (AvgIpc) is 2.39. The number of carbonyl (C=O) groups excluding carboxylic acids is 1. The van der Waals surface area contributed by atoms with Gasteiger partial charge in [0.25, 0.3) is 0 Å². The smallest absolute Gasteiger partial charge is 0.176 e. The van der Waals surface area contributed by atoms with Gasteiger partial charge >= 0.3 is 0 Å². The molecule has 0 heterocycles. The van der Waals surface area contributed by atoms with Crippen molar-refractivity contribution in [1.82, 2.24) is 4.90 Å². The molecule has 0 amide bonds. The van der Waals surface area contributed by atoms with E-state index in [1.807, 2.05) is 7.05 Å². The fourth-order valence-corrected chi connectivity index (χ4v) is 2.89. The Labute approximate surface area is 114 Å². The molecule has 1 aliphatic carbocycles. The zero-order valence-electron chi connectivity index (χ0n) is 11.7. The maximum atomic E-state index is 12.8. The molecule has 0 radical (unpaired) electrons. The zero-order chi connectivity index (χ0) is 13.8. The van der Waals surface area contributed by atoms with Crippen LogP contribution in [0.1, 0.15) is 43.0 Å². The van der Waals surface area contributed by atoms with Gasteiger partial charge in [-0.05, 0) is 50.1 Å². The molecule has 1 fully saturated rings. The molecule has 1 saturated carbocycles. The third-order valence-electron chi connectivity index (χ3n) is 4.09. The van der Waals surface area contributed by atoms with Crippen LogP contribution in [0, 0.1) is 11.7 Å². The maximum absolute atomic E-state index is 12.8. The molecule has 0 aliphatic heterocycles. The summed E-state index contributed by atoms with van der Waals surface area (Å²) in [5.41, 5.74) is 0.595. The fourth-order valence-electron chi connectivity index (χ4n) is 2.89. The van der Waals surface area contributed by atoms with E-state index in [-0.39, 0.29) is 11.6 Å². The second kappa shape index (κ2) is 6.29. The van der Waals surface area contributed by atoms with Gasteiger partial charge in [-0.1, -0.05) is 19.8 Å². The van der Waals surface area contributed by atoms with E-state index >= 15 is 0 Å². The van der Waals surface area contributed by atoms with Crippen molar-refractivity contribution < 1.29 is 9.18 Å². The first-order valence-electron chi connectivity index (χ1n) is 7.05. The first kappa shape index (κ1) is 14.2. The minimum absolute atomic E-state index is 0.0701. The van der Waals surface area contributed by atoms with Crippen LogP contribution in [0.4, 0.5) is 4.39 Å². The number of ketones is 1. The maximum Gasteiger partial charge on any atom is 0.176 e. The number of hydrogen-bond donors (Lipinski definition) is 0. The number of halogens is 1. The van der Waals surface area contributed by atoms with E-state index in [1.54, 1.807) is 12.1 Å². The van der Waals surface area contributed by atoms with Crippen LogP contribution in [-0.2, 0) is 0 Å². The van der Waals surface area contributed by atoms with Gasteiger partial charge in [0.15, 0.2) is 5.78 Å². The summed E-state index contributed by atoms with van der Waals surface area (Å²) in [6, 6.07) is 6.32. The van der Waals surface area contributed by atoms with E-state index in [4.69, 9.17) is 0 Å². The van der Waals surface area contributed by atoms with Crippen molar-refractivity contribution in [2.24, 2.45) is 5.92 Å². The quantitative estimate of drug-likeness (QED) is 0.775. The van der Waals surface area contributed by atoms with Gasteiger partial charge in [-0.3, -0.25) is 9.69 Å². The van der Waals surface area contributed by atoms with E-state index < -0.39 is 0 Å². The highest BCUT2D eigenvalue weighted by atomic mass is 19.1. The van der Waals surface area contributed by atoms with Crippen molar-refractivity contribution in [3.63, 3.8) is 0 Å². The first-order chi connectivity index (χ1) is 9.06. The molecule has 0 N–H and O–H groups in total. The molecule has 0 aromatic heterocycles. The summed E-state index contributed by atoms with van der Waals surface area (Å²) >= 11 is 0. The van der Waals surface area contributed by atoms with E-state index in [2.05, 4.69) is 11.8 Å². The van der Waals surface area contributed by atoms with E-state index in [0.717, 1.165) is 5.92 Å². The predicted octanol–water partition coefficient (Wildman–Crippen LogP) is 3.52. The highest BCUT2D eigenvalue weighted by Gasteiger charge is 2.23. The first-order valence-corrected chi connectivity index (χ1v) is 7.05. The van der Waals surface area contributed by atoms with Gasteiger partial charge in [0.1, 0.15) is 5.82 Å². The van der Waals surface area contributed by atoms with E-state index in [9.17, 15) is 9.18 Å². The van der Waals surface area contributed by atoms with Crippen LogP contribution in [0.25, 0.3) is 0 Å². The Kier molecular flexibility index (Phi) is 4.70. The van der Waals surface area contributed by atoms with Crippen molar-refractivity contribution in [2.75, 3.05) is 13.6 Å². The molecular formula is C16H22FNO. The van der Waals surface area contributed by atoms with Crippen molar-refractivity contribution in [2.45, 2.75) is 38.6 Å². The largest absolute Gasteiger partial charge is 0.296 e. The molecule has 104 valence electrons. The Morgan fingerprint density at radius 3 is 2.63 bits per heavy atom. The summed E-state index contributed by atoms with van der Waals surface area (Å²) in [7, 11) is 2.02. The highest BCUT2D eigenvalue weighted by Crippen LogP contribution is 2.26. The summed E-state index contributed by atoms with van der Waals surface area (Å²) in [4.78, 5) is 14.3. The van der Waals surface area contributed by atoms with Gasteiger partial charge < -0.3 is 0 Å². The second-order valence-corrected chi connectivity index (χ2v) is 5.77. The topological polar surface area (TPSA) is 20.3 Å². The summed E-state index contributed by atoms with van der Waals surface area (Å²) in [5, 5.41) is 0. The normalized spacial score (nSPS) is 23.6. The van der Waals surface area contributed by atoms with Gasteiger partial charge in [0.2, 0.25) is 0 Å². The number of hydrogen-bond acceptors (Lipinski definition) is 2. The standard InChI is InChI=1S/C16H22FNO/c1-12-4-3-5-15(10-12)18(2)11-16(19)13-6-8-14(17)9-7-13/h6-9,12,15H,3-5,10-11H2,1-2H3. The zero-order valence-corrected chi connectivity index (χ0v) is 11.7. The highest BCUT2D eigenvalue weighted by molar-refractivity contribution is 5.97. The molecule has 2 unspecified atom stereocenters. The minimum atomic E-state index is -0.300. The number of Topliss-reactive ketones (excluding diaryl/α,β-unsaturated/α-hetero) is 1. The molecule has 2 nitrogen and oxygen atoms in total. The molecule has 1 aromatic rings. The molecule has 0 bridgehead atoms. The lowest BCUT2D eigenvalue weighted by molar-refractivity contribution is 0.0882. The summed E-state index contributed by atoms with van der Waals surface area (Å²) < 4.78 is 12.8. The van der Waals surface area contributed by atoms with Gasteiger partial charge in [-0.2, -0.15) is 0 Å². The minimum Gasteiger partial charge on any atom is -0.296 e. The van der Waals surface area contributed by atoms with Crippen molar-refractivity contribution in [3.05, 3.63) is 35.6 Å². The van der Waals surface area contributed by atoms with Crippen LogP contribution >= 0.6 is 0 Å². The number of likely N-dealkylation sites (N-methyl/N-ethyl adjacent to an activating group) is 1. The predicted molar refractivity (Wildman–Crippen MR) is 74.8 cm³/mol. The lowest BCUT2D eigenvalue weighted by atomic mass is 9.86. The Hall–Kier alpha value is -1.22. The van der Waals surface area contributed by atoms with E-state index in [1.165, 1.54) is 37.8 Å². The van der Waals surface area contributed by atoms with Crippen LogP contribution in [0.2, 0.25) is 0 Å². The van der Waals surface area contributed by atoms with Crippen molar-refractivity contribution in [1.29, 1.82) is 0 Å². The van der Waals surface area contributed by atoms with Crippen LogP contribution in [-0.4, -0.2) is 30.3 Å². The average molecular weight is 263 g/mol. The van der Waals surface area contributed by atoms with Crippen molar-refractivity contribution >= 4 is 5.78 Å². The SMILES string of the molecule is CC1CCCC(N(C)CC(=O)c2ccc(F)cc2)C1. The molecule has 3 heteroatoms. The Bertz CT molecular complexity index is 429. The molecule has 0 spiro atoms. The molecule has 1 aliphatic rings. The van der Waals surface area contributed by atoms with Crippen LogP contribution in [0.15, 0.2) is 24.3 Å². The number of rotatable bonds is 4. The van der Waals surface area contributed by atoms with Gasteiger partial charge in [-0.25, -0.2) is 4.39 Å². The molecular weight excluding hydrogens is 241 g/mol. The molecule has 0 saturated heterocycles. The lowest BCUT2D eigenvalue weighted by Crippen LogP contribution is -2.38. The molecule has 2 rings (SSSR count). The Balaban J connectivity index is 1.92. The van der Waals surface area contributed by atoms with E-state index in [0.29, 0.717) is 18.2 Å². The summed E-state index contributed by atoms with van der Waals surface area (Å²) in [5.74, 6) is 0.522. The van der Waals surface area contributed by atoms with Crippen LogP contribution in [0.5, 0.6) is 0 Å². The van der Waals surface area contributed by atoms with Gasteiger partial charge in [-0.15, -0.1) is 0 Å². The van der Waals surface area contributed by atoms with Gasteiger partial charge in [0, 0.05) is 11.6 Å². The fraction of sp³-hybridized carbons (Fsp3) is 0.562. The molecule has 19 heavy (non-hydrogen) atoms. The molecule has 2 atom stereocenters. The number of carbonyl (C=O) groups is 1. The molecule has 1 aromatic carbocycles. The van der Waals surface area contributed by atoms with Crippen LogP contribution < -0.4 is 0 Å². The Morgan fingerprint density at radius 1 is 1.32 bits per heavy atom. The summed E-state index contributed by atoms with van der Waals surface area (Å²) in [6.07, 6.45) is 4.90. The third-order valence-corrected chi connectivity index (χ3v) is 4.09. The monoisotopic (exact) mass is 263 g/mol. The Morgan fingerprint density at radius 2 is 2.00 bits per heavy atom. The lowest BCUT2D eigenvalue weighted by Gasteiger charge is -2.33. The van der Waals surface area contributed by atoms with Crippen LogP contribution in [0.3, 0.4) is 0 Å². The number of benzene rings is 1. The number of nitrogens with zero attached hydrogens (tertiary/aromatic N) is 1. The van der Waals surface area contributed by atoms with Crippen molar-refractivity contribution in [3.8, 4) is 0 Å². The second-order valence-electron chi connectivity index (χ2n) is 5.77. The summed E-state index contributed by atoms with van der Waals surface area (Å²) in [6.45, 7) is 2.70.